The zero-order valence-electron chi connectivity index (χ0n) is 20.7. The molecule has 0 spiro atoms. The average Bonchev–Trinajstić information content (AvgIpc) is 2.85. The number of para-hydroxylation sites is 1. The van der Waals surface area contributed by atoms with Gasteiger partial charge in [0.05, 0.1) is 5.69 Å². The Hall–Kier alpha value is -3.20. The van der Waals surface area contributed by atoms with E-state index in [0.717, 1.165) is 39.0 Å². The summed E-state index contributed by atoms with van der Waals surface area (Å²) in [5.41, 5.74) is 2.34. The highest BCUT2D eigenvalue weighted by molar-refractivity contribution is 7.80. The van der Waals surface area contributed by atoms with Crippen molar-refractivity contribution in [1.29, 1.82) is 0 Å². The number of hydrogen-bond acceptors (Lipinski definition) is 8. The van der Waals surface area contributed by atoms with Crippen LogP contribution in [-0.2, 0) is 4.74 Å². The van der Waals surface area contributed by atoms with Crippen molar-refractivity contribution in [2.75, 3.05) is 38.2 Å². The molecule has 0 radical (unpaired) electrons. The Bertz CT molecular complexity index is 1130. The molecule has 0 fully saturated rings. The van der Waals surface area contributed by atoms with Crippen LogP contribution in [0.2, 0.25) is 0 Å². The second-order valence-electron chi connectivity index (χ2n) is 9.67. The SMILES string of the molecule is C[C@H](CNc1cc(C2=CCN(C(=O)OC(C)(C)C)CC2)ncn1)C(=S)c1cccc2c1OCCO2. The maximum atomic E-state index is 12.3. The van der Waals surface area contributed by atoms with Gasteiger partial charge in [0.1, 0.15) is 31.0 Å². The molecule has 2 aromatic rings. The number of carbonyl (C=O) groups excluding carboxylic acids is 1. The Balaban J connectivity index is 1.36. The van der Waals surface area contributed by atoms with E-state index in [-0.39, 0.29) is 12.0 Å². The van der Waals surface area contributed by atoms with Crippen molar-refractivity contribution in [1.82, 2.24) is 14.9 Å². The largest absolute Gasteiger partial charge is 0.486 e. The molecule has 0 saturated carbocycles. The topological polar surface area (TPSA) is 85.8 Å². The molecule has 1 aromatic carbocycles. The quantitative estimate of drug-likeness (QED) is 0.454. The zero-order chi connectivity index (χ0) is 25.0. The monoisotopic (exact) mass is 496 g/mol. The number of rotatable bonds is 6. The predicted octanol–water partition coefficient (Wildman–Crippen LogP) is 4.74. The summed E-state index contributed by atoms with van der Waals surface area (Å²) in [4.78, 5) is 23.6. The fraction of sp³-hybridized carbons (Fsp3) is 0.462. The molecular formula is C26H32N4O4S. The van der Waals surface area contributed by atoms with Crippen LogP contribution in [-0.4, -0.2) is 64.3 Å². The highest BCUT2D eigenvalue weighted by Gasteiger charge is 2.25. The van der Waals surface area contributed by atoms with E-state index in [1.165, 1.54) is 0 Å². The first kappa shape index (κ1) is 24.9. The number of amides is 1. The van der Waals surface area contributed by atoms with Gasteiger partial charge in [-0.05, 0) is 44.9 Å². The number of carbonyl (C=O) groups is 1. The van der Waals surface area contributed by atoms with Crippen molar-refractivity contribution in [3.63, 3.8) is 0 Å². The van der Waals surface area contributed by atoms with Gasteiger partial charge in [0.25, 0.3) is 0 Å². The molecule has 1 N–H and O–H groups in total. The molecule has 1 aromatic heterocycles. The van der Waals surface area contributed by atoms with Crippen LogP contribution in [0.3, 0.4) is 0 Å². The number of hydrogen-bond donors (Lipinski definition) is 1. The first-order valence-corrected chi connectivity index (χ1v) is 12.3. The number of ether oxygens (including phenoxy) is 3. The molecule has 186 valence electrons. The first-order chi connectivity index (χ1) is 16.7. The molecule has 9 heteroatoms. The Morgan fingerprint density at radius 3 is 2.80 bits per heavy atom. The van der Waals surface area contributed by atoms with Crippen molar-refractivity contribution in [2.24, 2.45) is 5.92 Å². The summed E-state index contributed by atoms with van der Waals surface area (Å²) in [7, 11) is 0. The number of nitrogens with one attached hydrogen (secondary N) is 1. The Morgan fingerprint density at radius 2 is 2.06 bits per heavy atom. The van der Waals surface area contributed by atoms with Gasteiger partial charge in [0.15, 0.2) is 11.5 Å². The minimum absolute atomic E-state index is 0.0664. The standard InChI is InChI=1S/C26H32N4O4S/c1-17(24(35)19-6-5-7-21-23(19)33-13-12-32-21)15-27-22-14-20(28-16-29-22)18-8-10-30(11-9-18)25(31)34-26(2,3)4/h5-8,14,16-17H,9-13,15H2,1-4H3,(H,27,28,29)/t17-/m1/s1. The van der Waals surface area contributed by atoms with Gasteiger partial charge >= 0.3 is 6.09 Å². The van der Waals surface area contributed by atoms with Crippen molar-refractivity contribution < 1.29 is 19.0 Å². The highest BCUT2D eigenvalue weighted by atomic mass is 32.1. The molecule has 0 saturated heterocycles. The van der Waals surface area contributed by atoms with E-state index in [1.807, 2.05) is 51.1 Å². The van der Waals surface area contributed by atoms with Crippen LogP contribution in [0, 0.1) is 5.92 Å². The molecule has 8 nitrogen and oxygen atoms in total. The third-order valence-electron chi connectivity index (χ3n) is 5.73. The number of thiocarbonyl (C=S) groups is 1. The van der Waals surface area contributed by atoms with Crippen LogP contribution >= 0.6 is 12.2 Å². The average molecular weight is 497 g/mol. The zero-order valence-corrected chi connectivity index (χ0v) is 21.5. The van der Waals surface area contributed by atoms with Crippen molar-refractivity contribution in [2.45, 2.75) is 39.7 Å². The minimum atomic E-state index is -0.506. The Morgan fingerprint density at radius 1 is 1.26 bits per heavy atom. The van der Waals surface area contributed by atoms with E-state index >= 15 is 0 Å². The summed E-state index contributed by atoms with van der Waals surface area (Å²) in [5.74, 6) is 2.26. The number of fused-ring (bicyclic) bond motifs is 1. The number of benzene rings is 1. The van der Waals surface area contributed by atoms with Crippen molar-refractivity contribution in [3.05, 3.63) is 47.9 Å². The molecule has 1 atom stereocenters. The molecule has 1 amide bonds. The molecule has 2 aliphatic rings. The third-order valence-corrected chi connectivity index (χ3v) is 6.35. The molecular weight excluding hydrogens is 464 g/mol. The van der Waals surface area contributed by atoms with E-state index in [4.69, 9.17) is 26.4 Å². The predicted molar refractivity (Wildman–Crippen MR) is 139 cm³/mol. The van der Waals surface area contributed by atoms with Gasteiger partial charge < -0.3 is 24.4 Å². The van der Waals surface area contributed by atoms with Crippen LogP contribution in [0.25, 0.3) is 5.57 Å². The summed E-state index contributed by atoms with van der Waals surface area (Å²) < 4.78 is 17.0. The van der Waals surface area contributed by atoms with Gasteiger partial charge in [-0.3, -0.25) is 0 Å². The van der Waals surface area contributed by atoms with Crippen LogP contribution in [0.4, 0.5) is 10.6 Å². The lowest BCUT2D eigenvalue weighted by atomic mass is 9.99. The van der Waals surface area contributed by atoms with Crippen molar-refractivity contribution >= 4 is 34.6 Å². The number of anilines is 1. The lowest BCUT2D eigenvalue weighted by molar-refractivity contribution is 0.0270. The van der Waals surface area contributed by atoms with E-state index < -0.39 is 5.60 Å². The Labute approximate surface area is 211 Å². The van der Waals surface area contributed by atoms with E-state index in [9.17, 15) is 4.79 Å². The van der Waals surface area contributed by atoms with Gasteiger partial charge in [0.2, 0.25) is 0 Å². The van der Waals surface area contributed by atoms with Gasteiger partial charge in [-0.1, -0.05) is 31.3 Å². The fourth-order valence-electron chi connectivity index (χ4n) is 3.91. The fourth-order valence-corrected chi connectivity index (χ4v) is 4.15. The summed E-state index contributed by atoms with van der Waals surface area (Å²) >= 11 is 5.78. The lowest BCUT2D eigenvalue weighted by Crippen LogP contribution is -2.39. The summed E-state index contributed by atoms with van der Waals surface area (Å²) in [6.07, 6.45) is 4.00. The second kappa shape index (κ2) is 10.6. The van der Waals surface area contributed by atoms with E-state index in [1.54, 1.807) is 11.2 Å². The van der Waals surface area contributed by atoms with Crippen LogP contribution in [0.1, 0.15) is 45.4 Å². The lowest BCUT2D eigenvalue weighted by Gasteiger charge is -2.29. The maximum Gasteiger partial charge on any atom is 0.410 e. The molecule has 0 unspecified atom stereocenters. The molecule has 0 bridgehead atoms. The second-order valence-corrected chi connectivity index (χ2v) is 10.1. The minimum Gasteiger partial charge on any atom is -0.486 e. The van der Waals surface area contributed by atoms with Crippen LogP contribution in [0.15, 0.2) is 36.7 Å². The molecule has 4 rings (SSSR count). The van der Waals surface area contributed by atoms with Crippen LogP contribution in [0.5, 0.6) is 11.5 Å². The molecule has 2 aliphatic heterocycles. The smallest absolute Gasteiger partial charge is 0.410 e. The van der Waals surface area contributed by atoms with E-state index in [0.29, 0.717) is 39.3 Å². The molecule has 0 aliphatic carbocycles. The van der Waals surface area contributed by atoms with Crippen LogP contribution < -0.4 is 14.8 Å². The number of aromatic nitrogens is 2. The highest BCUT2D eigenvalue weighted by Crippen LogP contribution is 2.35. The summed E-state index contributed by atoms with van der Waals surface area (Å²) in [6, 6.07) is 7.75. The van der Waals surface area contributed by atoms with Crippen molar-refractivity contribution in [3.8, 4) is 11.5 Å². The normalized spacial score (nSPS) is 16.2. The first-order valence-electron chi connectivity index (χ1n) is 11.9. The molecule has 35 heavy (non-hydrogen) atoms. The summed E-state index contributed by atoms with van der Waals surface area (Å²) in [6.45, 7) is 10.5. The number of nitrogens with zero attached hydrogens (tertiary/aromatic N) is 3. The van der Waals surface area contributed by atoms with Gasteiger partial charge in [0, 0.05) is 42.0 Å². The Kier molecular flexibility index (Phi) is 7.54. The van der Waals surface area contributed by atoms with Gasteiger partial charge in [-0.25, -0.2) is 14.8 Å². The molecule has 3 heterocycles. The van der Waals surface area contributed by atoms with Gasteiger partial charge in [-0.15, -0.1) is 0 Å². The van der Waals surface area contributed by atoms with Gasteiger partial charge in [-0.2, -0.15) is 0 Å². The maximum absolute atomic E-state index is 12.3. The third kappa shape index (κ3) is 6.28. The summed E-state index contributed by atoms with van der Waals surface area (Å²) in [5, 5.41) is 3.38. The van der Waals surface area contributed by atoms with E-state index in [2.05, 4.69) is 22.2 Å².